The SMILES string of the molecule is NC1(C(=O)O)CCN(CCCc2cc(Cl)ccc2Oc2cc(F)c(S(=O)Nc3cscn3)cc2Cl)CC1. The van der Waals surface area contributed by atoms with Crippen LogP contribution in [0.4, 0.5) is 10.2 Å². The number of thiazole rings is 1. The summed E-state index contributed by atoms with van der Waals surface area (Å²) in [6.07, 6.45) is 2.19. The normalized spacial score (nSPS) is 16.3. The van der Waals surface area contributed by atoms with Crippen molar-refractivity contribution in [1.29, 1.82) is 0 Å². The lowest BCUT2D eigenvalue weighted by Crippen LogP contribution is -2.55. The van der Waals surface area contributed by atoms with Crippen LogP contribution in [0.25, 0.3) is 0 Å². The standard InChI is InChI=1S/C24H25Cl2FN4O4S2/c25-16-3-4-19(15(10-16)2-1-7-31-8-5-24(28,6-9-31)23(32)33)35-20-12-18(27)21(11-17(20)26)37(34)30-22-13-36-14-29-22/h3-4,10-14,30H,1-2,5-9,28H2,(H,32,33). The quantitative estimate of drug-likeness (QED) is 0.294. The number of carboxylic acids is 1. The number of hydrogen-bond acceptors (Lipinski definition) is 7. The van der Waals surface area contributed by atoms with Gasteiger partial charge in [0, 0.05) is 29.6 Å². The van der Waals surface area contributed by atoms with E-state index in [4.69, 9.17) is 33.7 Å². The minimum atomic E-state index is -1.89. The first kappa shape index (κ1) is 27.7. The topological polar surface area (TPSA) is 118 Å². The summed E-state index contributed by atoms with van der Waals surface area (Å²) in [7, 11) is -1.89. The Kier molecular flexibility index (Phi) is 9.04. The van der Waals surface area contributed by atoms with Crippen molar-refractivity contribution in [3.05, 3.63) is 62.6 Å². The molecule has 0 radical (unpaired) electrons. The number of rotatable bonds is 10. The Morgan fingerprint density at radius 1 is 1.27 bits per heavy atom. The Labute approximate surface area is 230 Å². The van der Waals surface area contributed by atoms with Crippen LogP contribution in [0.1, 0.15) is 24.8 Å². The van der Waals surface area contributed by atoms with Crippen molar-refractivity contribution in [2.45, 2.75) is 36.1 Å². The Balaban J connectivity index is 1.41. The zero-order valence-corrected chi connectivity index (χ0v) is 22.7. The molecule has 3 aromatic rings. The number of benzene rings is 2. The fourth-order valence-corrected chi connectivity index (χ4v) is 5.88. The number of ether oxygens (including phenoxy) is 1. The second kappa shape index (κ2) is 12.1. The maximum Gasteiger partial charge on any atom is 0.323 e. The lowest BCUT2D eigenvalue weighted by atomic mass is 9.89. The fraction of sp³-hybridized carbons (Fsp3) is 0.333. The monoisotopic (exact) mass is 586 g/mol. The molecule has 0 bridgehead atoms. The first-order valence-electron chi connectivity index (χ1n) is 11.4. The van der Waals surface area contributed by atoms with Crippen molar-refractivity contribution in [3.8, 4) is 11.5 Å². The van der Waals surface area contributed by atoms with Crippen molar-refractivity contribution in [2.75, 3.05) is 24.4 Å². The third kappa shape index (κ3) is 6.98. The van der Waals surface area contributed by atoms with E-state index in [1.807, 2.05) is 0 Å². The van der Waals surface area contributed by atoms with Crippen LogP contribution in [0.2, 0.25) is 10.0 Å². The van der Waals surface area contributed by atoms with Crippen molar-refractivity contribution >= 4 is 57.3 Å². The Morgan fingerprint density at radius 3 is 2.70 bits per heavy atom. The molecule has 0 aliphatic carbocycles. The number of hydrogen-bond donors (Lipinski definition) is 3. The lowest BCUT2D eigenvalue weighted by molar-refractivity contribution is -0.145. The number of carboxylic acid groups (broad SMARTS) is 1. The highest BCUT2D eigenvalue weighted by atomic mass is 35.5. The van der Waals surface area contributed by atoms with Gasteiger partial charge in [0.25, 0.3) is 0 Å². The summed E-state index contributed by atoms with van der Waals surface area (Å²) in [5.41, 5.74) is 7.19. The number of halogens is 3. The second-order valence-electron chi connectivity index (χ2n) is 8.72. The van der Waals surface area contributed by atoms with Crippen molar-refractivity contribution in [1.82, 2.24) is 9.88 Å². The molecule has 37 heavy (non-hydrogen) atoms. The highest BCUT2D eigenvalue weighted by molar-refractivity contribution is 7.86. The van der Waals surface area contributed by atoms with Crippen LogP contribution in [0, 0.1) is 5.82 Å². The molecule has 1 aliphatic heterocycles. The summed E-state index contributed by atoms with van der Waals surface area (Å²) in [4.78, 5) is 17.4. The Bertz CT molecular complexity index is 1290. The average molecular weight is 588 g/mol. The Morgan fingerprint density at radius 2 is 2.03 bits per heavy atom. The molecule has 198 valence electrons. The van der Waals surface area contributed by atoms with Gasteiger partial charge in [-0.1, -0.05) is 23.2 Å². The van der Waals surface area contributed by atoms with Crippen LogP contribution in [-0.4, -0.2) is 50.3 Å². The molecule has 1 aromatic heterocycles. The summed E-state index contributed by atoms with van der Waals surface area (Å²) in [5.74, 6) is -0.762. The zero-order valence-electron chi connectivity index (χ0n) is 19.6. The van der Waals surface area contributed by atoms with Gasteiger partial charge in [0.1, 0.15) is 28.7 Å². The third-order valence-corrected chi connectivity index (χ3v) is 8.38. The number of aromatic nitrogens is 1. The smallest absolute Gasteiger partial charge is 0.323 e. The summed E-state index contributed by atoms with van der Waals surface area (Å²) in [6, 6.07) is 7.52. The molecular weight excluding hydrogens is 562 g/mol. The van der Waals surface area contributed by atoms with Gasteiger partial charge in [-0.2, -0.15) is 0 Å². The van der Waals surface area contributed by atoms with E-state index in [1.165, 1.54) is 17.4 Å². The number of nitrogens with one attached hydrogen (secondary N) is 1. The van der Waals surface area contributed by atoms with Crippen LogP contribution in [0.5, 0.6) is 11.5 Å². The molecule has 1 saturated heterocycles. The first-order chi connectivity index (χ1) is 17.6. The number of aryl methyl sites for hydroxylation is 1. The molecule has 1 atom stereocenters. The molecule has 2 aromatic carbocycles. The lowest BCUT2D eigenvalue weighted by Gasteiger charge is -2.36. The average Bonchev–Trinajstić information content (AvgIpc) is 3.37. The van der Waals surface area contributed by atoms with Crippen molar-refractivity contribution < 1.29 is 23.2 Å². The Hall–Kier alpha value is -2.28. The second-order valence-corrected chi connectivity index (χ2v) is 11.5. The third-order valence-electron chi connectivity index (χ3n) is 6.15. The van der Waals surface area contributed by atoms with E-state index in [0.29, 0.717) is 48.9 Å². The fourth-order valence-electron chi connectivity index (χ4n) is 3.99. The van der Waals surface area contributed by atoms with Crippen molar-refractivity contribution in [3.63, 3.8) is 0 Å². The highest BCUT2D eigenvalue weighted by Crippen LogP contribution is 2.36. The summed E-state index contributed by atoms with van der Waals surface area (Å²) in [5, 5.41) is 11.6. The number of piperidine rings is 1. The molecule has 4 N–H and O–H groups in total. The molecule has 1 fully saturated rings. The van der Waals surface area contributed by atoms with Crippen molar-refractivity contribution in [2.24, 2.45) is 5.73 Å². The van der Waals surface area contributed by atoms with Gasteiger partial charge in [-0.05, 0) is 62.1 Å². The van der Waals surface area contributed by atoms with E-state index in [9.17, 15) is 18.5 Å². The van der Waals surface area contributed by atoms with Crippen LogP contribution in [0.3, 0.4) is 0 Å². The maximum atomic E-state index is 14.8. The number of likely N-dealkylation sites (tertiary alicyclic amines) is 1. The molecule has 0 amide bonds. The first-order valence-corrected chi connectivity index (χ1v) is 14.3. The predicted molar refractivity (Wildman–Crippen MR) is 144 cm³/mol. The molecule has 1 aliphatic rings. The van der Waals surface area contributed by atoms with E-state index in [0.717, 1.165) is 24.6 Å². The number of carbonyl (C=O) groups is 1. The van der Waals surface area contributed by atoms with Gasteiger partial charge in [-0.3, -0.25) is 9.52 Å². The van der Waals surface area contributed by atoms with Crippen LogP contribution in [0.15, 0.2) is 46.1 Å². The zero-order chi connectivity index (χ0) is 26.6. The number of aliphatic carboxylic acids is 1. The molecule has 0 spiro atoms. The minimum Gasteiger partial charge on any atom is -0.480 e. The number of nitrogens with zero attached hydrogens (tertiary/aromatic N) is 2. The van der Waals surface area contributed by atoms with Crippen LogP contribution < -0.4 is 15.2 Å². The molecule has 8 nitrogen and oxygen atoms in total. The predicted octanol–water partition coefficient (Wildman–Crippen LogP) is 5.33. The molecule has 4 rings (SSSR count). The molecule has 1 unspecified atom stereocenters. The minimum absolute atomic E-state index is 0.0844. The molecular formula is C24H25Cl2FN4O4S2. The van der Waals surface area contributed by atoms with Gasteiger partial charge in [0.05, 0.1) is 15.4 Å². The van der Waals surface area contributed by atoms with Gasteiger partial charge < -0.3 is 20.5 Å². The molecule has 2 heterocycles. The maximum absolute atomic E-state index is 14.8. The highest BCUT2D eigenvalue weighted by Gasteiger charge is 2.37. The molecule has 0 saturated carbocycles. The summed E-state index contributed by atoms with van der Waals surface area (Å²) < 4.78 is 35.9. The van der Waals surface area contributed by atoms with Crippen LogP contribution >= 0.6 is 34.5 Å². The summed E-state index contributed by atoms with van der Waals surface area (Å²) >= 11 is 13.9. The number of nitrogens with two attached hydrogens (primary N) is 1. The van der Waals surface area contributed by atoms with Gasteiger partial charge in [-0.15, -0.1) is 11.3 Å². The molecule has 13 heteroatoms. The van der Waals surface area contributed by atoms with Gasteiger partial charge in [-0.25, -0.2) is 13.6 Å². The summed E-state index contributed by atoms with van der Waals surface area (Å²) in [6.45, 7) is 1.98. The number of anilines is 1. The van der Waals surface area contributed by atoms with E-state index in [1.54, 1.807) is 29.1 Å². The van der Waals surface area contributed by atoms with Crippen LogP contribution in [-0.2, 0) is 22.2 Å². The van der Waals surface area contributed by atoms with E-state index in [-0.39, 0.29) is 15.7 Å². The van der Waals surface area contributed by atoms with Gasteiger partial charge in [0.15, 0.2) is 11.0 Å². The van der Waals surface area contributed by atoms with E-state index >= 15 is 0 Å². The van der Waals surface area contributed by atoms with E-state index in [2.05, 4.69) is 14.6 Å². The largest absolute Gasteiger partial charge is 0.480 e. The van der Waals surface area contributed by atoms with Gasteiger partial charge >= 0.3 is 5.97 Å². The van der Waals surface area contributed by atoms with Gasteiger partial charge in [0.2, 0.25) is 0 Å². The van der Waals surface area contributed by atoms with E-state index < -0.39 is 28.3 Å².